The highest BCUT2D eigenvalue weighted by atomic mass is 32.1. The van der Waals surface area contributed by atoms with E-state index in [1.807, 2.05) is 22.7 Å². The summed E-state index contributed by atoms with van der Waals surface area (Å²) in [6.45, 7) is 4.59. The van der Waals surface area contributed by atoms with Crippen molar-refractivity contribution in [2.45, 2.75) is 19.9 Å². The molecule has 0 saturated heterocycles. The summed E-state index contributed by atoms with van der Waals surface area (Å²) < 4.78 is 8.02. The molecule has 0 aliphatic heterocycles. The molecule has 0 aliphatic carbocycles. The molecule has 0 spiro atoms. The summed E-state index contributed by atoms with van der Waals surface area (Å²) in [6, 6.07) is 27.5. The summed E-state index contributed by atoms with van der Waals surface area (Å²) in [5.74, 6) is 0. The van der Waals surface area contributed by atoms with Crippen molar-refractivity contribution in [2.75, 3.05) is 0 Å². The lowest BCUT2D eigenvalue weighted by atomic mass is 10.0. The van der Waals surface area contributed by atoms with Crippen LogP contribution in [0.25, 0.3) is 62.2 Å². The van der Waals surface area contributed by atoms with Gasteiger partial charge in [0.05, 0.1) is 11.0 Å². The molecule has 0 N–H and O–H groups in total. The predicted molar refractivity (Wildman–Crippen MR) is 136 cm³/mol. The lowest BCUT2D eigenvalue weighted by molar-refractivity contribution is 0.642. The topological polar surface area (TPSA) is 4.93 Å². The van der Waals surface area contributed by atoms with Gasteiger partial charge in [0.15, 0.2) is 0 Å². The normalized spacial score (nSPS) is 12.6. The lowest BCUT2D eigenvalue weighted by Crippen LogP contribution is -1.99. The van der Waals surface area contributed by atoms with Crippen LogP contribution in [0.3, 0.4) is 0 Å². The van der Waals surface area contributed by atoms with Gasteiger partial charge < -0.3 is 4.57 Å². The summed E-state index contributed by atoms with van der Waals surface area (Å²) in [6.07, 6.45) is 0. The molecule has 1 nitrogen and oxygen atoms in total. The lowest BCUT2D eigenvalue weighted by Gasteiger charge is -2.11. The van der Waals surface area contributed by atoms with Gasteiger partial charge in [0.25, 0.3) is 0 Å². The van der Waals surface area contributed by atoms with Crippen LogP contribution in [0.15, 0.2) is 72.8 Å². The molecule has 30 heavy (non-hydrogen) atoms. The number of thiophene rings is 2. The smallest absolute Gasteiger partial charge is 0.0501 e. The van der Waals surface area contributed by atoms with Gasteiger partial charge in [0.2, 0.25) is 0 Å². The van der Waals surface area contributed by atoms with E-state index in [2.05, 4.69) is 91.2 Å². The minimum absolute atomic E-state index is 0.398. The summed E-state index contributed by atoms with van der Waals surface area (Å²) in [5, 5.41) is 8.43. The van der Waals surface area contributed by atoms with Crippen LogP contribution >= 0.6 is 22.7 Å². The zero-order valence-electron chi connectivity index (χ0n) is 16.8. The van der Waals surface area contributed by atoms with Gasteiger partial charge in [-0.05, 0) is 50.2 Å². The molecule has 3 heteroatoms. The van der Waals surface area contributed by atoms with Crippen LogP contribution in [-0.4, -0.2) is 4.57 Å². The number of rotatable bonds is 1. The van der Waals surface area contributed by atoms with Gasteiger partial charge in [-0.1, -0.05) is 36.4 Å². The number of hydrogen-bond acceptors (Lipinski definition) is 2. The fourth-order valence-corrected chi connectivity index (χ4v) is 7.43. The van der Waals surface area contributed by atoms with E-state index in [1.165, 1.54) is 62.2 Å². The van der Waals surface area contributed by atoms with Crippen molar-refractivity contribution in [3.05, 3.63) is 72.8 Å². The van der Waals surface area contributed by atoms with Crippen molar-refractivity contribution in [1.82, 2.24) is 4.57 Å². The SMILES string of the molecule is CC(C)n1c2ccc3sc4ccccc4c3c2c2c3c(ccc21)sc1ccccc13. The van der Waals surface area contributed by atoms with Crippen LogP contribution in [0.4, 0.5) is 0 Å². The molecule has 144 valence electrons. The van der Waals surface area contributed by atoms with Crippen molar-refractivity contribution in [1.29, 1.82) is 0 Å². The number of fused-ring (bicyclic) bond motifs is 11. The third-order valence-electron chi connectivity index (χ3n) is 6.33. The predicted octanol–water partition coefficient (Wildman–Crippen LogP) is 9.11. The molecule has 3 aromatic heterocycles. The van der Waals surface area contributed by atoms with Gasteiger partial charge in [-0.25, -0.2) is 0 Å². The van der Waals surface area contributed by atoms with Gasteiger partial charge in [-0.3, -0.25) is 0 Å². The molecule has 3 heterocycles. The van der Waals surface area contributed by atoms with E-state index >= 15 is 0 Å². The molecule has 0 unspecified atom stereocenters. The number of nitrogens with zero attached hydrogens (tertiary/aromatic N) is 1. The number of hydrogen-bond donors (Lipinski definition) is 0. The second kappa shape index (κ2) is 5.84. The summed E-state index contributed by atoms with van der Waals surface area (Å²) >= 11 is 3.81. The Kier molecular flexibility index (Phi) is 3.28. The summed E-state index contributed by atoms with van der Waals surface area (Å²) in [4.78, 5) is 0. The van der Waals surface area contributed by atoms with Crippen molar-refractivity contribution < 1.29 is 0 Å². The monoisotopic (exact) mass is 421 g/mol. The zero-order chi connectivity index (χ0) is 20.0. The van der Waals surface area contributed by atoms with Gasteiger partial charge in [-0.15, -0.1) is 22.7 Å². The summed E-state index contributed by atoms with van der Waals surface area (Å²) in [5.41, 5.74) is 2.69. The van der Waals surface area contributed by atoms with E-state index in [9.17, 15) is 0 Å². The van der Waals surface area contributed by atoms with Crippen molar-refractivity contribution >= 4 is 84.8 Å². The van der Waals surface area contributed by atoms with Crippen LogP contribution in [0.2, 0.25) is 0 Å². The van der Waals surface area contributed by atoms with Crippen LogP contribution < -0.4 is 0 Å². The quantitative estimate of drug-likeness (QED) is 0.249. The van der Waals surface area contributed by atoms with E-state index in [-0.39, 0.29) is 0 Å². The second-order valence-corrected chi connectivity index (χ2v) is 10.5. The van der Waals surface area contributed by atoms with Crippen molar-refractivity contribution in [2.24, 2.45) is 0 Å². The minimum Gasteiger partial charge on any atom is -0.338 e. The molecule has 0 amide bonds. The van der Waals surface area contributed by atoms with Gasteiger partial charge in [0, 0.05) is 57.2 Å². The van der Waals surface area contributed by atoms with Crippen molar-refractivity contribution in [3.8, 4) is 0 Å². The molecule has 0 saturated carbocycles. The maximum absolute atomic E-state index is 2.53. The van der Waals surface area contributed by atoms with Crippen LogP contribution in [0.5, 0.6) is 0 Å². The molecule has 0 aliphatic rings. The Labute approximate surface area is 181 Å². The Balaban J connectivity index is 1.89. The third-order valence-corrected chi connectivity index (χ3v) is 8.60. The highest BCUT2D eigenvalue weighted by Crippen LogP contribution is 2.47. The Bertz CT molecular complexity index is 1650. The highest BCUT2D eigenvalue weighted by molar-refractivity contribution is 7.26. The van der Waals surface area contributed by atoms with E-state index < -0.39 is 0 Å². The average molecular weight is 422 g/mol. The highest BCUT2D eigenvalue weighted by Gasteiger charge is 2.21. The fraction of sp³-hybridized carbons (Fsp3) is 0.111. The van der Waals surface area contributed by atoms with Crippen LogP contribution in [-0.2, 0) is 0 Å². The van der Waals surface area contributed by atoms with E-state index in [4.69, 9.17) is 0 Å². The average Bonchev–Trinajstić information content (AvgIpc) is 3.41. The molecule has 7 aromatic rings. The summed E-state index contributed by atoms with van der Waals surface area (Å²) in [7, 11) is 0. The zero-order valence-corrected chi connectivity index (χ0v) is 18.4. The fourth-order valence-electron chi connectivity index (χ4n) is 5.21. The first-order chi connectivity index (χ1) is 14.7. The van der Waals surface area contributed by atoms with E-state index in [0.717, 1.165) is 0 Å². The van der Waals surface area contributed by atoms with Gasteiger partial charge >= 0.3 is 0 Å². The van der Waals surface area contributed by atoms with Gasteiger partial charge in [0.1, 0.15) is 0 Å². The molecule has 0 radical (unpaired) electrons. The molecular weight excluding hydrogens is 402 g/mol. The number of aromatic nitrogens is 1. The third kappa shape index (κ3) is 2.02. The van der Waals surface area contributed by atoms with Crippen LogP contribution in [0, 0.1) is 0 Å². The molecule has 0 fully saturated rings. The van der Waals surface area contributed by atoms with E-state index in [1.54, 1.807) is 0 Å². The Morgan fingerprint density at radius 1 is 0.533 bits per heavy atom. The molecule has 7 rings (SSSR count). The molecule has 0 bridgehead atoms. The van der Waals surface area contributed by atoms with Crippen LogP contribution in [0.1, 0.15) is 19.9 Å². The van der Waals surface area contributed by atoms with E-state index in [0.29, 0.717) is 6.04 Å². The Hall–Kier alpha value is -2.88. The van der Waals surface area contributed by atoms with Crippen molar-refractivity contribution in [3.63, 3.8) is 0 Å². The first kappa shape index (κ1) is 16.9. The minimum atomic E-state index is 0.398. The molecular formula is C27H19NS2. The maximum Gasteiger partial charge on any atom is 0.0501 e. The molecule has 0 atom stereocenters. The van der Waals surface area contributed by atoms with Gasteiger partial charge in [-0.2, -0.15) is 0 Å². The first-order valence-corrected chi connectivity index (χ1v) is 12.0. The number of benzene rings is 4. The maximum atomic E-state index is 2.53. The standard InChI is InChI=1S/C27H19NS2/c1-15(2)28-18-11-13-22-24(16-7-3-5-9-20(16)29-22)26(18)27-19(28)12-14-23-25(27)17-8-4-6-10-21(17)30-23/h3-15H,1-2H3. The first-order valence-electron chi connectivity index (χ1n) is 10.4. The Morgan fingerprint density at radius 2 is 1.00 bits per heavy atom. The largest absolute Gasteiger partial charge is 0.338 e. The Morgan fingerprint density at radius 3 is 1.47 bits per heavy atom. The second-order valence-electron chi connectivity index (χ2n) is 8.33. The molecule has 4 aromatic carbocycles.